The van der Waals surface area contributed by atoms with Crippen molar-refractivity contribution in [1.82, 2.24) is 0 Å². The first-order valence-electron chi connectivity index (χ1n) is 7.64. The summed E-state index contributed by atoms with van der Waals surface area (Å²) in [5, 5.41) is 2.89. The molecule has 120 valence electrons. The van der Waals surface area contributed by atoms with Crippen LogP contribution in [0.15, 0.2) is 60.7 Å². The minimum Gasteiger partial charge on any atom is -0.497 e. The van der Waals surface area contributed by atoms with Crippen molar-refractivity contribution in [3.05, 3.63) is 66.2 Å². The van der Waals surface area contributed by atoms with Crippen LogP contribution in [0.3, 0.4) is 0 Å². The lowest BCUT2D eigenvalue weighted by Crippen LogP contribution is -3.09. The molecule has 0 fully saturated rings. The normalized spacial score (nSPS) is 12.1. The lowest BCUT2D eigenvalue weighted by Gasteiger charge is -2.12. The van der Waals surface area contributed by atoms with Crippen LogP contribution in [-0.2, 0) is 4.79 Å². The van der Waals surface area contributed by atoms with Gasteiger partial charge in [-0.25, -0.2) is 0 Å². The Morgan fingerprint density at radius 1 is 1.13 bits per heavy atom. The summed E-state index contributed by atoms with van der Waals surface area (Å²) in [5.74, 6) is 0.776. The highest BCUT2D eigenvalue weighted by molar-refractivity contribution is 5.91. The molecule has 4 nitrogen and oxygen atoms in total. The highest BCUT2D eigenvalue weighted by Crippen LogP contribution is 2.14. The number of benzene rings is 2. The number of carbonyl (C=O) groups is 1. The molecule has 2 aromatic carbocycles. The van der Waals surface area contributed by atoms with E-state index in [2.05, 4.69) is 29.6 Å². The fourth-order valence-corrected chi connectivity index (χ4v) is 2.19. The largest absolute Gasteiger partial charge is 0.497 e. The van der Waals surface area contributed by atoms with Gasteiger partial charge in [-0.3, -0.25) is 4.79 Å². The maximum absolute atomic E-state index is 12.0. The van der Waals surface area contributed by atoms with Crippen molar-refractivity contribution in [1.29, 1.82) is 0 Å². The molecule has 0 aromatic heterocycles. The van der Waals surface area contributed by atoms with E-state index in [1.807, 2.05) is 49.5 Å². The Morgan fingerprint density at radius 3 is 2.48 bits per heavy atom. The molecule has 2 aromatic rings. The molecule has 0 aliphatic carbocycles. The topological polar surface area (TPSA) is 42.8 Å². The second-order valence-electron chi connectivity index (χ2n) is 5.43. The van der Waals surface area contributed by atoms with Crippen LogP contribution < -0.4 is 15.0 Å². The molecule has 1 atom stereocenters. The van der Waals surface area contributed by atoms with Crippen LogP contribution in [0.4, 0.5) is 5.69 Å². The van der Waals surface area contributed by atoms with E-state index >= 15 is 0 Å². The smallest absolute Gasteiger partial charge is 0.279 e. The maximum Gasteiger partial charge on any atom is 0.279 e. The Bertz CT molecular complexity index is 636. The van der Waals surface area contributed by atoms with Crippen LogP contribution in [0.5, 0.6) is 5.75 Å². The first kappa shape index (κ1) is 16.8. The van der Waals surface area contributed by atoms with E-state index in [0.29, 0.717) is 6.54 Å². The van der Waals surface area contributed by atoms with E-state index in [9.17, 15) is 4.79 Å². The molecule has 1 amide bonds. The summed E-state index contributed by atoms with van der Waals surface area (Å²) in [7, 11) is 3.62. The monoisotopic (exact) mass is 311 g/mol. The molecule has 0 radical (unpaired) electrons. The van der Waals surface area contributed by atoms with Gasteiger partial charge in [0.15, 0.2) is 6.54 Å². The summed E-state index contributed by atoms with van der Waals surface area (Å²) in [5.41, 5.74) is 1.95. The average Bonchev–Trinajstić information content (AvgIpc) is 2.56. The summed E-state index contributed by atoms with van der Waals surface area (Å²) in [6, 6.07) is 17.5. The molecule has 0 saturated carbocycles. The standard InChI is InChI=1S/C19H22N2O2/c1-21(14-6-9-16-7-4-3-5-8-16)15-19(22)20-17-10-12-18(23-2)13-11-17/h3-13H,14-15H2,1-2H3,(H,20,22)/p+1/b9-6+. The van der Waals surface area contributed by atoms with E-state index in [1.165, 1.54) is 5.56 Å². The Balaban J connectivity index is 1.76. The van der Waals surface area contributed by atoms with Crippen LogP contribution in [0.2, 0.25) is 0 Å². The van der Waals surface area contributed by atoms with Crippen molar-refractivity contribution in [3.8, 4) is 5.75 Å². The molecule has 1 unspecified atom stereocenters. The van der Waals surface area contributed by atoms with Gasteiger partial charge in [-0.1, -0.05) is 36.4 Å². The van der Waals surface area contributed by atoms with Crippen molar-refractivity contribution in [3.63, 3.8) is 0 Å². The predicted octanol–water partition coefficient (Wildman–Crippen LogP) is 1.86. The minimum atomic E-state index is 0.000720. The van der Waals surface area contributed by atoms with Crippen LogP contribution in [0.1, 0.15) is 5.56 Å². The van der Waals surface area contributed by atoms with Gasteiger partial charge in [-0.15, -0.1) is 0 Å². The van der Waals surface area contributed by atoms with Crippen molar-refractivity contribution >= 4 is 17.7 Å². The molecule has 2 rings (SSSR count). The van der Waals surface area contributed by atoms with Gasteiger partial charge < -0.3 is 15.0 Å². The summed E-state index contributed by atoms with van der Waals surface area (Å²) in [6.07, 6.45) is 4.16. The van der Waals surface area contributed by atoms with Gasteiger partial charge >= 0.3 is 0 Å². The zero-order valence-corrected chi connectivity index (χ0v) is 13.6. The number of hydrogen-bond donors (Lipinski definition) is 2. The minimum absolute atomic E-state index is 0.000720. The second kappa shape index (κ2) is 8.76. The second-order valence-corrected chi connectivity index (χ2v) is 5.43. The van der Waals surface area contributed by atoms with E-state index in [4.69, 9.17) is 4.74 Å². The van der Waals surface area contributed by atoms with Crippen molar-refractivity contribution in [2.45, 2.75) is 0 Å². The quantitative estimate of drug-likeness (QED) is 0.820. The van der Waals surface area contributed by atoms with E-state index in [0.717, 1.165) is 22.9 Å². The molecule has 2 N–H and O–H groups in total. The van der Waals surface area contributed by atoms with E-state index in [-0.39, 0.29) is 5.91 Å². The Labute approximate surface area is 137 Å². The van der Waals surface area contributed by atoms with Crippen molar-refractivity contribution in [2.75, 3.05) is 32.6 Å². The molecular weight excluding hydrogens is 288 g/mol. The molecule has 0 bridgehead atoms. The number of carbonyl (C=O) groups excluding carboxylic acids is 1. The van der Waals surface area contributed by atoms with E-state index < -0.39 is 0 Å². The van der Waals surface area contributed by atoms with Crippen LogP contribution in [0.25, 0.3) is 6.08 Å². The van der Waals surface area contributed by atoms with Gasteiger partial charge in [0.25, 0.3) is 5.91 Å². The van der Waals surface area contributed by atoms with Crippen molar-refractivity contribution in [2.24, 2.45) is 0 Å². The highest BCUT2D eigenvalue weighted by Gasteiger charge is 2.08. The van der Waals surface area contributed by atoms with Crippen molar-refractivity contribution < 1.29 is 14.4 Å². The summed E-state index contributed by atoms with van der Waals surface area (Å²) >= 11 is 0. The maximum atomic E-state index is 12.0. The number of ether oxygens (including phenoxy) is 1. The Kier molecular flexibility index (Phi) is 6.39. The number of nitrogens with one attached hydrogen (secondary N) is 2. The molecule has 23 heavy (non-hydrogen) atoms. The number of methoxy groups -OCH3 is 1. The van der Waals surface area contributed by atoms with Gasteiger partial charge in [-0.05, 0) is 35.9 Å². The number of quaternary nitrogens is 1. The van der Waals surface area contributed by atoms with Gasteiger partial charge in [0.1, 0.15) is 5.75 Å². The van der Waals surface area contributed by atoms with Gasteiger partial charge in [0, 0.05) is 5.69 Å². The number of hydrogen-bond acceptors (Lipinski definition) is 2. The molecule has 0 aliphatic rings. The third-order valence-corrected chi connectivity index (χ3v) is 3.41. The molecule has 0 saturated heterocycles. The van der Waals surface area contributed by atoms with Gasteiger partial charge in [0.2, 0.25) is 0 Å². The van der Waals surface area contributed by atoms with Gasteiger partial charge in [0.05, 0.1) is 20.7 Å². The van der Waals surface area contributed by atoms with Crippen LogP contribution in [-0.4, -0.2) is 33.2 Å². The first-order chi connectivity index (χ1) is 11.2. The molecule has 0 aliphatic heterocycles. The first-order valence-corrected chi connectivity index (χ1v) is 7.64. The zero-order chi connectivity index (χ0) is 16.5. The lowest BCUT2D eigenvalue weighted by molar-refractivity contribution is -0.864. The number of amides is 1. The molecule has 0 spiro atoms. The fraction of sp³-hybridized carbons (Fsp3) is 0.211. The SMILES string of the molecule is COc1ccc(NC(=O)C[NH+](C)C/C=C/c2ccccc2)cc1. The summed E-state index contributed by atoms with van der Waals surface area (Å²) < 4.78 is 5.10. The number of rotatable bonds is 7. The van der Waals surface area contributed by atoms with Gasteiger partial charge in [-0.2, -0.15) is 0 Å². The highest BCUT2D eigenvalue weighted by atomic mass is 16.5. The lowest BCUT2D eigenvalue weighted by atomic mass is 10.2. The summed E-state index contributed by atoms with van der Waals surface area (Å²) in [6.45, 7) is 1.22. The Morgan fingerprint density at radius 2 is 1.83 bits per heavy atom. The van der Waals surface area contributed by atoms with Crippen LogP contribution in [0, 0.1) is 0 Å². The molecular formula is C19H23N2O2+. The summed E-state index contributed by atoms with van der Waals surface area (Å²) in [4.78, 5) is 13.2. The molecule has 0 heterocycles. The third kappa shape index (κ3) is 5.96. The zero-order valence-electron chi connectivity index (χ0n) is 13.6. The Hall–Kier alpha value is -2.59. The predicted molar refractivity (Wildman–Crippen MR) is 93.7 cm³/mol. The number of anilines is 1. The number of likely N-dealkylation sites (N-methyl/N-ethyl adjacent to an activating group) is 1. The van der Waals surface area contributed by atoms with E-state index in [1.54, 1.807) is 7.11 Å². The fourth-order valence-electron chi connectivity index (χ4n) is 2.19. The third-order valence-electron chi connectivity index (χ3n) is 3.41. The molecule has 4 heteroatoms. The average molecular weight is 311 g/mol. The van der Waals surface area contributed by atoms with Crippen LogP contribution >= 0.6 is 0 Å².